The molecule has 0 aromatic heterocycles. The Bertz CT molecular complexity index is 1300. The van der Waals surface area contributed by atoms with Crippen molar-refractivity contribution in [2.75, 3.05) is 5.01 Å². The summed E-state index contributed by atoms with van der Waals surface area (Å²) >= 11 is 6.26. The fraction of sp³-hybridized carbons (Fsp3) is 0.0435. The standard InChI is InChI=1S/C23H17ClN2O4S/c1-16-20(23(27)26(25-16)18-8-4-2-5-9-18)14-17-12-13-22(21(24)15-17)30-31(28,29)19-10-6-3-7-11-19/h2-15H,1H3/b20-14+. The van der Waals surface area contributed by atoms with Gasteiger partial charge in [0.2, 0.25) is 0 Å². The molecule has 3 aromatic carbocycles. The molecule has 0 fully saturated rings. The number of hydrazone groups is 1. The number of rotatable bonds is 5. The van der Waals surface area contributed by atoms with Gasteiger partial charge >= 0.3 is 10.1 Å². The van der Waals surface area contributed by atoms with E-state index in [1.165, 1.54) is 29.3 Å². The minimum atomic E-state index is -4.01. The Morgan fingerprint density at radius 3 is 2.26 bits per heavy atom. The molecule has 1 heterocycles. The normalized spacial score (nSPS) is 15.3. The lowest BCUT2D eigenvalue weighted by Crippen LogP contribution is -2.21. The van der Waals surface area contributed by atoms with Gasteiger partial charge in [-0.15, -0.1) is 0 Å². The number of nitrogens with zero attached hydrogens (tertiary/aromatic N) is 2. The van der Waals surface area contributed by atoms with Crippen molar-refractivity contribution in [1.82, 2.24) is 0 Å². The lowest BCUT2D eigenvalue weighted by Gasteiger charge is -2.11. The second-order valence-electron chi connectivity index (χ2n) is 6.74. The first-order valence-electron chi connectivity index (χ1n) is 9.31. The van der Waals surface area contributed by atoms with Gasteiger partial charge in [-0.1, -0.05) is 54.1 Å². The first-order chi connectivity index (χ1) is 14.8. The molecular weight excluding hydrogens is 436 g/mol. The van der Waals surface area contributed by atoms with Gasteiger partial charge in [-0.2, -0.15) is 18.5 Å². The Hall–Kier alpha value is -3.42. The number of benzene rings is 3. The third-order valence-electron chi connectivity index (χ3n) is 4.56. The van der Waals surface area contributed by atoms with Crippen molar-refractivity contribution in [3.63, 3.8) is 0 Å². The van der Waals surface area contributed by atoms with Crippen LogP contribution in [0.1, 0.15) is 12.5 Å². The molecule has 0 unspecified atom stereocenters. The molecule has 0 radical (unpaired) electrons. The number of anilines is 1. The van der Waals surface area contributed by atoms with Crippen molar-refractivity contribution in [1.29, 1.82) is 0 Å². The van der Waals surface area contributed by atoms with Gasteiger partial charge in [0.1, 0.15) is 4.90 Å². The number of carbonyl (C=O) groups excluding carboxylic acids is 1. The number of para-hydroxylation sites is 1. The van der Waals surface area contributed by atoms with Crippen LogP contribution < -0.4 is 9.19 Å². The van der Waals surface area contributed by atoms with Crippen LogP contribution in [-0.2, 0) is 14.9 Å². The Morgan fingerprint density at radius 2 is 1.61 bits per heavy atom. The number of halogens is 1. The van der Waals surface area contributed by atoms with Crippen molar-refractivity contribution in [3.8, 4) is 5.75 Å². The van der Waals surface area contributed by atoms with E-state index in [1.54, 1.807) is 49.4 Å². The summed E-state index contributed by atoms with van der Waals surface area (Å²) in [4.78, 5) is 12.9. The van der Waals surface area contributed by atoms with Crippen LogP contribution in [-0.4, -0.2) is 20.0 Å². The fourth-order valence-electron chi connectivity index (χ4n) is 3.02. The molecule has 0 bridgehead atoms. The maximum absolute atomic E-state index is 12.8. The van der Waals surface area contributed by atoms with Gasteiger partial charge in [0, 0.05) is 0 Å². The second-order valence-corrected chi connectivity index (χ2v) is 8.69. The highest BCUT2D eigenvalue weighted by Gasteiger charge is 2.28. The quantitative estimate of drug-likeness (QED) is 0.407. The van der Waals surface area contributed by atoms with Gasteiger partial charge in [0.15, 0.2) is 5.75 Å². The molecule has 1 amide bonds. The largest absolute Gasteiger partial charge is 0.377 e. The summed E-state index contributed by atoms with van der Waals surface area (Å²) in [6.45, 7) is 1.75. The maximum Gasteiger partial charge on any atom is 0.339 e. The van der Waals surface area contributed by atoms with Crippen LogP contribution in [0.3, 0.4) is 0 Å². The highest BCUT2D eigenvalue weighted by molar-refractivity contribution is 7.87. The minimum Gasteiger partial charge on any atom is -0.377 e. The predicted molar refractivity (Wildman–Crippen MR) is 121 cm³/mol. The number of amides is 1. The second kappa shape index (κ2) is 8.37. The Balaban J connectivity index is 1.58. The predicted octanol–water partition coefficient (Wildman–Crippen LogP) is 4.91. The van der Waals surface area contributed by atoms with E-state index in [2.05, 4.69) is 5.10 Å². The molecule has 1 aliphatic rings. The first-order valence-corrected chi connectivity index (χ1v) is 11.1. The van der Waals surface area contributed by atoms with E-state index in [1.807, 2.05) is 18.2 Å². The zero-order valence-corrected chi connectivity index (χ0v) is 18.0. The summed E-state index contributed by atoms with van der Waals surface area (Å²) in [5.41, 5.74) is 2.27. The summed E-state index contributed by atoms with van der Waals surface area (Å²) in [5, 5.41) is 5.78. The van der Waals surface area contributed by atoms with Gasteiger partial charge in [0.05, 0.1) is 22.0 Å². The smallest absolute Gasteiger partial charge is 0.339 e. The van der Waals surface area contributed by atoms with Crippen LogP contribution in [0.2, 0.25) is 5.02 Å². The molecule has 0 aliphatic carbocycles. The van der Waals surface area contributed by atoms with Crippen LogP contribution in [0.15, 0.2) is 94.4 Å². The molecule has 0 atom stereocenters. The van der Waals surface area contributed by atoms with Crippen molar-refractivity contribution < 1.29 is 17.4 Å². The van der Waals surface area contributed by atoms with Crippen molar-refractivity contribution in [2.45, 2.75) is 11.8 Å². The Kier molecular flexibility index (Phi) is 5.63. The molecule has 1 aliphatic heterocycles. The average Bonchev–Trinajstić information content (AvgIpc) is 3.05. The molecule has 0 N–H and O–H groups in total. The fourth-order valence-corrected chi connectivity index (χ4v) is 4.26. The van der Waals surface area contributed by atoms with E-state index in [-0.39, 0.29) is 21.6 Å². The van der Waals surface area contributed by atoms with E-state index in [4.69, 9.17) is 15.8 Å². The molecule has 4 rings (SSSR count). The molecule has 31 heavy (non-hydrogen) atoms. The minimum absolute atomic E-state index is 0.00159. The van der Waals surface area contributed by atoms with Gasteiger partial charge in [-0.25, -0.2) is 0 Å². The molecule has 6 nitrogen and oxygen atoms in total. The first kappa shape index (κ1) is 20.8. The Labute approximate surface area is 185 Å². The molecule has 8 heteroatoms. The van der Waals surface area contributed by atoms with E-state index in [9.17, 15) is 13.2 Å². The van der Waals surface area contributed by atoms with Crippen LogP contribution in [0.4, 0.5) is 5.69 Å². The zero-order valence-electron chi connectivity index (χ0n) is 16.4. The van der Waals surface area contributed by atoms with E-state index in [0.717, 1.165) is 0 Å². The monoisotopic (exact) mass is 452 g/mol. The summed E-state index contributed by atoms with van der Waals surface area (Å²) in [6.07, 6.45) is 1.66. The molecule has 0 saturated heterocycles. The zero-order chi connectivity index (χ0) is 22.0. The molecular formula is C23H17ClN2O4S. The molecule has 0 saturated carbocycles. The van der Waals surface area contributed by atoms with Crippen LogP contribution >= 0.6 is 11.6 Å². The highest BCUT2D eigenvalue weighted by Crippen LogP contribution is 2.30. The molecule has 156 valence electrons. The van der Waals surface area contributed by atoms with Crippen LogP contribution in [0.25, 0.3) is 6.08 Å². The van der Waals surface area contributed by atoms with Crippen LogP contribution in [0, 0.1) is 0 Å². The lowest BCUT2D eigenvalue weighted by molar-refractivity contribution is -0.114. The highest BCUT2D eigenvalue weighted by atomic mass is 35.5. The van der Waals surface area contributed by atoms with Crippen molar-refractivity contribution in [3.05, 3.63) is 95.0 Å². The van der Waals surface area contributed by atoms with E-state index < -0.39 is 10.1 Å². The Morgan fingerprint density at radius 1 is 0.968 bits per heavy atom. The number of carbonyl (C=O) groups is 1. The van der Waals surface area contributed by atoms with E-state index >= 15 is 0 Å². The SMILES string of the molecule is CC1=NN(c2ccccc2)C(=O)/C1=C/c1ccc(OS(=O)(=O)c2ccccc2)c(Cl)c1. The summed E-state index contributed by atoms with van der Waals surface area (Å²) in [5.74, 6) is -0.256. The van der Waals surface area contributed by atoms with Crippen LogP contribution in [0.5, 0.6) is 5.75 Å². The average molecular weight is 453 g/mol. The van der Waals surface area contributed by atoms with E-state index in [0.29, 0.717) is 22.5 Å². The number of hydrogen-bond acceptors (Lipinski definition) is 5. The molecule has 0 spiro atoms. The third-order valence-corrected chi connectivity index (χ3v) is 6.11. The maximum atomic E-state index is 12.8. The van der Waals surface area contributed by atoms with Gasteiger partial charge in [-0.3, -0.25) is 4.79 Å². The summed E-state index contributed by atoms with van der Waals surface area (Å²) < 4.78 is 30.0. The topological polar surface area (TPSA) is 76.0 Å². The molecule has 3 aromatic rings. The lowest BCUT2D eigenvalue weighted by atomic mass is 10.1. The van der Waals surface area contributed by atoms with Crippen molar-refractivity contribution >= 4 is 45.1 Å². The number of hydrogen-bond donors (Lipinski definition) is 0. The van der Waals surface area contributed by atoms with Gasteiger partial charge in [0.25, 0.3) is 5.91 Å². The van der Waals surface area contributed by atoms with Gasteiger partial charge < -0.3 is 4.18 Å². The van der Waals surface area contributed by atoms with Gasteiger partial charge in [-0.05, 0) is 55.0 Å². The summed E-state index contributed by atoms with van der Waals surface area (Å²) in [7, 11) is -4.01. The van der Waals surface area contributed by atoms with Crippen molar-refractivity contribution in [2.24, 2.45) is 5.10 Å². The third kappa shape index (κ3) is 4.38. The summed E-state index contributed by atoms with van der Waals surface area (Å²) in [6, 6.07) is 21.5.